The predicted molar refractivity (Wildman–Crippen MR) is 85.3 cm³/mol. The van der Waals surface area contributed by atoms with Crippen LogP contribution in [0.2, 0.25) is 0 Å². The van der Waals surface area contributed by atoms with Crippen molar-refractivity contribution in [3.63, 3.8) is 0 Å². The van der Waals surface area contributed by atoms with Crippen molar-refractivity contribution in [1.29, 1.82) is 0 Å². The van der Waals surface area contributed by atoms with Crippen LogP contribution < -0.4 is 5.73 Å². The second kappa shape index (κ2) is 6.16. The van der Waals surface area contributed by atoms with Gasteiger partial charge in [-0.3, -0.25) is 4.79 Å². The molecule has 0 saturated heterocycles. The lowest BCUT2D eigenvalue weighted by Gasteiger charge is -2.17. The maximum atomic E-state index is 13.2. The van der Waals surface area contributed by atoms with E-state index in [9.17, 15) is 9.18 Å². The number of hydrogen-bond donors (Lipinski definition) is 1. The van der Waals surface area contributed by atoms with E-state index in [0.29, 0.717) is 6.42 Å². The summed E-state index contributed by atoms with van der Waals surface area (Å²) >= 11 is 0. The standard InChI is InChI=1S/C17H17FN4O/c1-11(12-4-6-13(18)7-5-12)22-16(9-8-15(19)23)21-14-3-2-10-20-17(14)22/h2-7,10-11H,8-9H2,1H3,(H2,19,23)/t11-/m0/s1. The number of hydrogen-bond acceptors (Lipinski definition) is 3. The lowest BCUT2D eigenvalue weighted by atomic mass is 10.1. The van der Waals surface area contributed by atoms with Crippen molar-refractivity contribution >= 4 is 17.1 Å². The summed E-state index contributed by atoms with van der Waals surface area (Å²) in [5, 5.41) is 0. The molecule has 1 atom stereocenters. The zero-order valence-electron chi connectivity index (χ0n) is 12.7. The van der Waals surface area contributed by atoms with Gasteiger partial charge in [0.2, 0.25) is 5.91 Å². The van der Waals surface area contributed by atoms with Crippen LogP contribution >= 0.6 is 0 Å². The maximum absolute atomic E-state index is 13.2. The molecule has 118 valence electrons. The van der Waals surface area contributed by atoms with E-state index < -0.39 is 0 Å². The first-order valence-electron chi connectivity index (χ1n) is 7.42. The Bertz CT molecular complexity index is 841. The van der Waals surface area contributed by atoms with Crippen LogP contribution in [0.25, 0.3) is 11.2 Å². The van der Waals surface area contributed by atoms with E-state index >= 15 is 0 Å². The van der Waals surface area contributed by atoms with Gasteiger partial charge in [-0.25, -0.2) is 14.4 Å². The van der Waals surface area contributed by atoms with Crippen molar-refractivity contribution < 1.29 is 9.18 Å². The molecule has 0 saturated carbocycles. The summed E-state index contributed by atoms with van der Waals surface area (Å²) in [6.45, 7) is 2.00. The molecule has 0 unspecified atom stereocenters. The van der Waals surface area contributed by atoms with Crippen LogP contribution in [-0.2, 0) is 11.2 Å². The van der Waals surface area contributed by atoms with Gasteiger partial charge in [-0.2, -0.15) is 0 Å². The monoisotopic (exact) mass is 312 g/mol. The predicted octanol–water partition coefficient (Wildman–Crippen LogP) is 2.60. The van der Waals surface area contributed by atoms with Gasteiger partial charge in [0.15, 0.2) is 5.65 Å². The van der Waals surface area contributed by atoms with Crippen LogP contribution in [0.3, 0.4) is 0 Å². The lowest BCUT2D eigenvalue weighted by molar-refractivity contribution is -0.118. The van der Waals surface area contributed by atoms with Gasteiger partial charge >= 0.3 is 0 Å². The van der Waals surface area contributed by atoms with Crippen LogP contribution in [-0.4, -0.2) is 20.4 Å². The van der Waals surface area contributed by atoms with Crippen LogP contribution in [0, 0.1) is 5.82 Å². The Kier molecular flexibility index (Phi) is 4.06. The average molecular weight is 312 g/mol. The van der Waals surface area contributed by atoms with Crippen molar-refractivity contribution in [1.82, 2.24) is 14.5 Å². The van der Waals surface area contributed by atoms with Crippen LogP contribution in [0.15, 0.2) is 42.6 Å². The number of nitrogens with two attached hydrogens (primary N) is 1. The third-order valence-corrected chi connectivity index (χ3v) is 3.86. The summed E-state index contributed by atoms with van der Waals surface area (Å²) < 4.78 is 15.1. The minimum absolute atomic E-state index is 0.0848. The molecule has 23 heavy (non-hydrogen) atoms. The zero-order valence-corrected chi connectivity index (χ0v) is 12.7. The third-order valence-electron chi connectivity index (χ3n) is 3.86. The highest BCUT2D eigenvalue weighted by molar-refractivity contribution is 5.75. The molecule has 2 aromatic heterocycles. The minimum atomic E-state index is -0.369. The summed E-state index contributed by atoms with van der Waals surface area (Å²) in [6.07, 6.45) is 2.37. The second-order valence-electron chi connectivity index (χ2n) is 5.44. The highest BCUT2D eigenvalue weighted by Gasteiger charge is 2.18. The van der Waals surface area contributed by atoms with Gasteiger partial charge in [0.05, 0.1) is 6.04 Å². The number of nitrogens with zero attached hydrogens (tertiary/aromatic N) is 3. The van der Waals surface area contributed by atoms with Crippen LogP contribution in [0.5, 0.6) is 0 Å². The Balaban J connectivity index is 2.07. The van der Waals surface area contributed by atoms with Crippen LogP contribution in [0.4, 0.5) is 4.39 Å². The number of carbonyl (C=O) groups is 1. The fraction of sp³-hybridized carbons (Fsp3) is 0.235. The first-order valence-corrected chi connectivity index (χ1v) is 7.42. The van der Waals surface area contributed by atoms with Gasteiger partial charge in [0.1, 0.15) is 17.2 Å². The highest BCUT2D eigenvalue weighted by Crippen LogP contribution is 2.25. The number of carbonyl (C=O) groups excluding carboxylic acids is 1. The molecular formula is C17H17FN4O. The van der Waals surface area contributed by atoms with E-state index in [0.717, 1.165) is 22.6 Å². The zero-order chi connectivity index (χ0) is 16.4. The molecular weight excluding hydrogens is 295 g/mol. The Labute approximate surface area is 133 Å². The summed E-state index contributed by atoms with van der Waals surface area (Å²) in [6, 6.07) is 9.96. The van der Waals surface area contributed by atoms with Gasteiger partial charge in [-0.1, -0.05) is 12.1 Å². The first-order chi connectivity index (χ1) is 11.1. The van der Waals surface area contributed by atoms with Crippen molar-refractivity contribution in [2.75, 3.05) is 0 Å². The normalized spacial score (nSPS) is 12.4. The molecule has 0 fully saturated rings. The molecule has 0 aliphatic carbocycles. The fourth-order valence-corrected chi connectivity index (χ4v) is 2.69. The summed E-state index contributed by atoms with van der Waals surface area (Å²) in [7, 11) is 0. The quantitative estimate of drug-likeness (QED) is 0.787. The van der Waals surface area contributed by atoms with Gasteiger partial charge < -0.3 is 10.3 Å². The molecule has 5 nitrogen and oxygen atoms in total. The number of aromatic nitrogens is 3. The molecule has 2 heterocycles. The van der Waals surface area contributed by atoms with E-state index in [1.165, 1.54) is 12.1 Å². The number of benzene rings is 1. The topological polar surface area (TPSA) is 73.8 Å². The van der Waals surface area contributed by atoms with Crippen molar-refractivity contribution in [2.24, 2.45) is 5.73 Å². The number of pyridine rings is 1. The summed E-state index contributed by atoms with van der Waals surface area (Å²) in [4.78, 5) is 20.1. The number of amides is 1. The molecule has 0 spiro atoms. The van der Waals surface area contributed by atoms with Crippen molar-refractivity contribution in [3.05, 3.63) is 59.8 Å². The van der Waals surface area contributed by atoms with Gasteiger partial charge in [-0.15, -0.1) is 0 Å². The fourth-order valence-electron chi connectivity index (χ4n) is 2.69. The van der Waals surface area contributed by atoms with Crippen molar-refractivity contribution in [3.8, 4) is 0 Å². The van der Waals surface area contributed by atoms with E-state index in [1.807, 2.05) is 23.6 Å². The van der Waals surface area contributed by atoms with Gasteiger partial charge in [0, 0.05) is 19.0 Å². The number of fused-ring (bicyclic) bond motifs is 1. The van der Waals surface area contributed by atoms with Crippen LogP contribution in [0.1, 0.15) is 30.8 Å². The number of aryl methyl sites for hydroxylation is 1. The van der Waals surface area contributed by atoms with E-state index in [1.54, 1.807) is 18.3 Å². The first kappa shape index (κ1) is 15.1. The molecule has 3 rings (SSSR count). The van der Waals surface area contributed by atoms with Gasteiger partial charge in [-0.05, 0) is 36.8 Å². The third kappa shape index (κ3) is 3.06. The van der Waals surface area contributed by atoms with E-state index in [-0.39, 0.29) is 24.2 Å². The maximum Gasteiger partial charge on any atom is 0.217 e. The Hall–Kier alpha value is -2.76. The Morgan fingerprint density at radius 2 is 2.04 bits per heavy atom. The molecule has 0 aliphatic rings. The molecule has 0 aliphatic heterocycles. The summed E-state index contributed by atoms with van der Waals surface area (Å²) in [5.74, 6) is 0.101. The molecule has 0 radical (unpaired) electrons. The molecule has 3 aromatic rings. The Morgan fingerprint density at radius 3 is 2.74 bits per heavy atom. The van der Waals surface area contributed by atoms with Crippen molar-refractivity contribution in [2.45, 2.75) is 25.8 Å². The number of rotatable bonds is 5. The SMILES string of the molecule is C[C@@H](c1ccc(F)cc1)n1c(CCC(N)=O)nc2cccnc21. The molecule has 0 bridgehead atoms. The number of halogens is 1. The minimum Gasteiger partial charge on any atom is -0.370 e. The molecule has 6 heteroatoms. The van der Waals surface area contributed by atoms with E-state index in [2.05, 4.69) is 9.97 Å². The smallest absolute Gasteiger partial charge is 0.217 e. The number of imidazole rings is 1. The molecule has 1 amide bonds. The van der Waals surface area contributed by atoms with E-state index in [4.69, 9.17) is 5.73 Å². The second-order valence-corrected chi connectivity index (χ2v) is 5.44. The summed E-state index contributed by atoms with van der Waals surface area (Å²) in [5.41, 5.74) is 7.70. The Morgan fingerprint density at radius 1 is 1.30 bits per heavy atom. The largest absolute Gasteiger partial charge is 0.370 e. The van der Waals surface area contributed by atoms with Gasteiger partial charge in [0.25, 0.3) is 0 Å². The average Bonchev–Trinajstić information content (AvgIpc) is 2.91. The molecule has 1 aromatic carbocycles. The number of primary amides is 1. The molecule has 2 N–H and O–H groups in total. The lowest BCUT2D eigenvalue weighted by Crippen LogP contribution is -2.16. The highest BCUT2D eigenvalue weighted by atomic mass is 19.1.